The highest BCUT2D eigenvalue weighted by Gasteiger charge is 2.47. The zero-order valence-electron chi connectivity index (χ0n) is 10.9. The molecule has 5 heterocycles. The van der Waals surface area contributed by atoms with Gasteiger partial charge in [-0.3, -0.25) is 4.90 Å². The predicted octanol–water partition coefficient (Wildman–Crippen LogP) is 0.620. The second-order valence-corrected chi connectivity index (χ2v) is 6.72. The molecule has 5 fully saturated rings. The molecule has 17 heavy (non-hydrogen) atoms. The zero-order valence-corrected chi connectivity index (χ0v) is 10.9. The summed E-state index contributed by atoms with van der Waals surface area (Å²) >= 11 is 0. The molecule has 4 atom stereocenters. The number of nitrogens with zero attached hydrogens (tertiary/aromatic N) is 2. The summed E-state index contributed by atoms with van der Waals surface area (Å²) in [5.74, 6) is 2.89. The van der Waals surface area contributed by atoms with E-state index in [0.29, 0.717) is 0 Å². The van der Waals surface area contributed by atoms with E-state index in [1.54, 1.807) is 0 Å². The molecule has 3 heteroatoms. The topological polar surface area (TPSA) is 18.5 Å². The highest BCUT2D eigenvalue weighted by Crippen LogP contribution is 2.39. The standard InChI is InChI=1S/C14H25N3/c1-10-13-7-15-6-12(13)8-17(10)14-9-16-4-2-11(14)3-5-16/h10-15H,2-9H2,1H3. The third-order valence-corrected chi connectivity index (χ3v) is 6.03. The smallest absolute Gasteiger partial charge is 0.0255 e. The van der Waals surface area contributed by atoms with Gasteiger partial charge in [0.1, 0.15) is 0 Å². The summed E-state index contributed by atoms with van der Waals surface area (Å²) in [6, 6.07) is 1.71. The van der Waals surface area contributed by atoms with Crippen molar-refractivity contribution in [2.45, 2.75) is 31.8 Å². The summed E-state index contributed by atoms with van der Waals surface area (Å²) < 4.78 is 0. The molecule has 0 aromatic rings. The molecular formula is C14H25N3. The van der Waals surface area contributed by atoms with Crippen LogP contribution in [0.1, 0.15) is 19.8 Å². The predicted molar refractivity (Wildman–Crippen MR) is 69.0 cm³/mol. The summed E-state index contributed by atoms with van der Waals surface area (Å²) in [5.41, 5.74) is 0. The molecular weight excluding hydrogens is 210 g/mol. The van der Waals surface area contributed by atoms with Crippen molar-refractivity contribution in [1.29, 1.82) is 0 Å². The number of rotatable bonds is 1. The van der Waals surface area contributed by atoms with Crippen molar-refractivity contribution in [2.75, 3.05) is 39.3 Å². The first-order valence-electron chi connectivity index (χ1n) is 7.52. The van der Waals surface area contributed by atoms with Crippen molar-refractivity contribution in [3.05, 3.63) is 0 Å². The van der Waals surface area contributed by atoms with Crippen LogP contribution in [0.4, 0.5) is 0 Å². The first-order chi connectivity index (χ1) is 8.33. The van der Waals surface area contributed by atoms with Crippen LogP contribution in [0, 0.1) is 17.8 Å². The van der Waals surface area contributed by atoms with Gasteiger partial charge in [-0.25, -0.2) is 0 Å². The van der Waals surface area contributed by atoms with Gasteiger partial charge in [-0.2, -0.15) is 0 Å². The van der Waals surface area contributed by atoms with Crippen molar-refractivity contribution in [1.82, 2.24) is 15.1 Å². The molecule has 0 saturated carbocycles. The third-order valence-electron chi connectivity index (χ3n) is 6.03. The first kappa shape index (κ1) is 10.8. The van der Waals surface area contributed by atoms with Gasteiger partial charge < -0.3 is 10.2 Å². The Bertz CT molecular complexity index is 298. The molecule has 5 rings (SSSR count). The van der Waals surface area contributed by atoms with E-state index in [2.05, 4.69) is 22.0 Å². The van der Waals surface area contributed by atoms with Crippen LogP contribution in [0.2, 0.25) is 0 Å². The molecule has 5 saturated heterocycles. The summed E-state index contributed by atoms with van der Waals surface area (Å²) in [7, 11) is 0. The lowest BCUT2D eigenvalue weighted by Gasteiger charge is -2.49. The molecule has 0 radical (unpaired) electrons. The number of likely N-dealkylation sites (tertiary alicyclic amines) is 1. The highest BCUT2D eigenvalue weighted by atomic mass is 15.3. The zero-order chi connectivity index (χ0) is 11.4. The molecule has 0 aromatic heterocycles. The van der Waals surface area contributed by atoms with E-state index in [1.807, 2.05) is 0 Å². The van der Waals surface area contributed by atoms with Gasteiger partial charge in [0.15, 0.2) is 0 Å². The normalized spacial score (nSPS) is 54.2. The lowest BCUT2D eigenvalue weighted by Crippen LogP contribution is -2.58. The second kappa shape index (κ2) is 3.94. The van der Waals surface area contributed by atoms with Crippen LogP contribution in [0.3, 0.4) is 0 Å². The van der Waals surface area contributed by atoms with Crippen molar-refractivity contribution >= 4 is 0 Å². The summed E-state index contributed by atoms with van der Waals surface area (Å²) in [6.45, 7) is 10.5. The Labute approximate surface area is 105 Å². The Kier molecular flexibility index (Phi) is 2.50. The third kappa shape index (κ3) is 1.59. The van der Waals surface area contributed by atoms with E-state index in [-0.39, 0.29) is 0 Å². The van der Waals surface area contributed by atoms with Crippen LogP contribution in [0.15, 0.2) is 0 Å². The van der Waals surface area contributed by atoms with E-state index in [1.165, 1.54) is 52.1 Å². The van der Waals surface area contributed by atoms with Crippen LogP contribution in [0.5, 0.6) is 0 Å². The molecule has 0 aliphatic carbocycles. The molecule has 0 aromatic carbocycles. The van der Waals surface area contributed by atoms with Gasteiger partial charge in [-0.15, -0.1) is 0 Å². The van der Waals surface area contributed by atoms with Gasteiger partial charge >= 0.3 is 0 Å². The van der Waals surface area contributed by atoms with Crippen molar-refractivity contribution in [3.8, 4) is 0 Å². The Morgan fingerprint density at radius 2 is 1.82 bits per heavy atom. The van der Waals surface area contributed by atoms with E-state index >= 15 is 0 Å². The fraction of sp³-hybridized carbons (Fsp3) is 1.00. The van der Waals surface area contributed by atoms with Crippen LogP contribution in [0.25, 0.3) is 0 Å². The molecule has 96 valence electrons. The molecule has 4 unspecified atom stereocenters. The lowest BCUT2D eigenvalue weighted by molar-refractivity contribution is -0.00219. The van der Waals surface area contributed by atoms with Gasteiger partial charge in [0, 0.05) is 25.2 Å². The highest BCUT2D eigenvalue weighted by molar-refractivity contribution is 5.02. The number of nitrogens with one attached hydrogen (secondary N) is 1. The van der Waals surface area contributed by atoms with Gasteiger partial charge in [0.05, 0.1) is 0 Å². The SMILES string of the molecule is CC1C2CNCC2CN1C1CN2CCC1CC2. The minimum atomic E-state index is 0.820. The van der Waals surface area contributed by atoms with Crippen molar-refractivity contribution in [3.63, 3.8) is 0 Å². The number of hydrogen-bond acceptors (Lipinski definition) is 3. The molecule has 3 nitrogen and oxygen atoms in total. The maximum absolute atomic E-state index is 3.58. The van der Waals surface area contributed by atoms with Crippen LogP contribution in [-0.4, -0.2) is 61.2 Å². The van der Waals surface area contributed by atoms with Crippen LogP contribution in [-0.2, 0) is 0 Å². The largest absolute Gasteiger partial charge is 0.316 e. The molecule has 5 aliphatic heterocycles. The molecule has 5 aliphatic rings. The van der Waals surface area contributed by atoms with Gasteiger partial charge in [0.2, 0.25) is 0 Å². The molecule has 0 spiro atoms. The average Bonchev–Trinajstić information content (AvgIpc) is 2.94. The number of hydrogen-bond donors (Lipinski definition) is 1. The van der Waals surface area contributed by atoms with Gasteiger partial charge in [-0.05, 0) is 63.7 Å². The van der Waals surface area contributed by atoms with E-state index in [9.17, 15) is 0 Å². The van der Waals surface area contributed by atoms with Gasteiger partial charge in [-0.1, -0.05) is 0 Å². The first-order valence-corrected chi connectivity index (χ1v) is 7.52. The monoisotopic (exact) mass is 235 g/mol. The molecule has 0 amide bonds. The van der Waals surface area contributed by atoms with Crippen molar-refractivity contribution in [2.24, 2.45) is 17.8 Å². The van der Waals surface area contributed by atoms with E-state index in [0.717, 1.165) is 29.8 Å². The summed E-state index contributed by atoms with van der Waals surface area (Å²) in [5, 5.41) is 3.58. The minimum absolute atomic E-state index is 0.820. The number of fused-ring (bicyclic) bond motifs is 4. The maximum atomic E-state index is 3.58. The fourth-order valence-corrected chi connectivity index (χ4v) is 4.95. The second-order valence-electron chi connectivity index (χ2n) is 6.72. The Morgan fingerprint density at radius 1 is 1.00 bits per heavy atom. The van der Waals surface area contributed by atoms with Crippen LogP contribution >= 0.6 is 0 Å². The molecule has 1 N–H and O–H groups in total. The van der Waals surface area contributed by atoms with Gasteiger partial charge in [0.25, 0.3) is 0 Å². The summed E-state index contributed by atoms with van der Waals surface area (Å²) in [6.07, 6.45) is 2.92. The van der Waals surface area contributed by atoms with E-state index in [4.69, 9.17) is 0 Å². The Hall–Kier alpha value is -0.120. The summed E-state index contributed by atoms with van der Waals surface area (Å²) in [4.78, 5) is 5.58. The average molecular weight is 235 g/mol. The maximum Gasteiger partial charge on any atom is 0.0255 e. The van der Waals surface area contributed by atoms with Crippen LogP contribution < -0.4 is 5.32 Å². The Morgan fingerprint density at radius 3 is 2.47 bits per heavy atom. The molecule has 2 bridgehead atoms. The number of piperidine rings is 3. The fourth-order valence-electron chi connectivity index (χ4n) is 4.95. The lowest BCUT2D eigenvalue weighted by atomic mass is 9.82. The van der Waals surface area contributed by atoms with Crippen molar-refractivity contribution < 1.29 is 0 Å². The minimum Gasteiger partial charge on any atom is -0.316 e. The Balaban J connectivity index is 1.52. The quantitative estimate of drug-likeness (QED) is 0.719. The van der Waals surface area contributed by atoms with E-state index < -0.39 is 0 Å².